The maximum absolute atomic E-state index is 15.5. The summed E-state index contributed by atoms with van der Waals surface area (Å²) < 4.78 is 42.1. The molecule has 2 atom stereocenters. The molecule has 0 saturated carbocycles. The van der Waals surface area contributed by atoms with E-state index in [4.69, 9.17) is 33.2 Å². The lowest BCUT2D eigenvalue weighted by molar-refractivity contribution is -0.140. The van der Waals surface area contributed by atoms with Crippen LogP contribution < -0.4 is 23.7 Å². The van der Waals surface area contributed by atoms with Crippen LogP contribution in [0, 0.1) is 13.8 Å². The summed E-state index contributed by atoms with van der Waals surface area (Å²) in [6.07, 6.45) is 1.25. The van der Waals surface area contributed by atoms with Crippen LogP contribution >= 0.6 is 0 Å². The minimum atomic E-state index is -1.32. The van der Waals surface area contributed by atoms with Gasteiger partial charge in [0.2, 0.25) is 5.91 Å². The summed E-state index contributed by atoms with van der Waals surface area (Å²) in [5.41, 5.74) is 3.08. The number of hydrogen-bond donors (Lipinski definition) is 0. The molecule has 4 aromatic carbocycles. The Kier molecular flexibility index (Phi) is 15.2. The fourth-order valence-electron chi connectivity index (χ4n) is 7.48. The van der Waals surface area contributed by atoms with Gasteiger partial charge in [-0.3, -0.25) is 19.3 Å². The molecule has 0 bridgehead atoms. The van der Waals surface area contributed by atoms with Gasteiger partial charge in [0, 0.05) is 24.6 Å². The zero-order valence-electron chi connectivity index (χ0n) is 36.5. The Labute approximate surface area is 358 Å². The second-order valence-electron chi connectivity index (χ2n) is 15.6. The quantitative estimate of drug-likeness (QED) is 0.0711. The number of methoxy groups -OCH3 is 3. The summed E-state index contributed by atoms with van der Waals surface area (Å²) in [5, 5.41) is 0. The molecule has 324 valence electrons. The number of fused-ring (bicyclic) bond motifs is 1. The summed E-state index contributed by atoms with van der Waals surface area (Å²) in [4.78, 5) is 59.6. The highest BCUT2D eigenvalue weighted by Crippen LogP contribution is 2.50. The van der Waals surface area contributed by atoms with Crippen molar-refractivity contribution in [2.75, 3.05) is 48.1 Å². The van der Waals surface area contributed by atoms with Gasteiger partial charge in [0.25, 0.3) is 0 Å². The monoisotopic (exact) mass is 836 g/mol. The summed E-state index contributed by atoms with van der Waals surface area (Å²) in [6, 6.07) is 18.4. The maximum Gasteiger partial charge on any atom is 0.410 e. The lowest BCUT2D eigenvalue weighted by Gasteiger charge is -2.41. The molecule has 2 amide bonds. The van der Waals surface area contributed by atoms with Crippen molar-refractivity contribution >= 4 is 24.1 Å². The van der Waals surface area contributed by atoms with Gasteiger partial charge in [0.05, 0.1) is 58.3 Å². The molecule has 0 aromatic heterocycles. The molecule has 0 fully saturated rings. The van der Waals surface area contributed by atoms with E-state index in [1.807, 2.05) is 60.7 Å². The molecule has 5 rings (SSSR count). The van der Waals surface area contributed by atoms with Gasteiger partial charge in [-0.05, 0) is 56.9 Å². The van der Waals surface area contributed by atoms with Crippen molar-refractivity contribution in [3.05, 3.63) is 124 Å². The van der Waals surface area contributed by atoms with Crippen LogP contribution in [0.25, 0.3) is 0 Å². The molecular weight excluding hydrogens is 781 g/mol. The Bertz CT molecular complexity index is 2220. The second-order valence-corrected chi connectivity index (χ2v) is 15.6. The van der Waals surface area contributed by atoms with Crippen molar-refractivity contribution in [2.45, 2.75) is 71.9 Å². The number of rotatable bonds is 18. The van der Waals surface area contributed by atoms with Gasteiger partial charge in [-0.25, -0.2) is 4.79 Å². The second kappa shape index (κ2) is 20.3. The average molecular weight is 837 g/mol. The van der Waals surface area contributed by atoms with Crippen LogP contribution in [0.3, 0.4) is 0 Å². The third-order valence-corrected chi connectivity index (χ3v) is 10.3. The van der Waals surface area contributed by atoms with Crippen LogP contribution in [0.15, 0.2) is 79.4 Å². The lowest BCUT2D eigenvalue weighted by atomic mass is 9.86. The highest BCUT2D eigenvalue weighted by molar-refractivity contribution is 6.07. The van der Waals surface area contributed by atoms with Crippen molar-refractivity contribution in [3.8, 4) is 28.7 Å². The number of ether oxygens (including phenoxy) is 7. The van der Waals surface area contributed by atoms with E-state index in [9.17, 15) is 14.4 Å². The Morgan fingerprint density at radius 3 is 2.03 bits per heavy atom. The third-order valence-electron chi connectivity index (χ3n) is 10.3. The van der Waals surface area contributed by atoms with Crippen molar-refractivity contribution in [1.29, 1.82) is 0 Å². The Morgan fingerprint density at radius 2 is 1.48 bits per heavy atom. The van der Waals surface area contributed by atoms with Gasteiger partial charge < -0.3 is 38.1 Å². The number of nitrogens with zero attached hydrogens (tertiary/aromatic N) is 2. The summed E-state index contributed by atoms with van der Waals surface area (Å²) in [7, 11) is 5.88. The largest absolute Gasteiger partial charge is 0.493 e. The number of carbonyl (C=O) groups excluding carboxylic acids is 4. The van der Waals surface area contributed by atoms with Crippen molar-refractivity contribution in [2.24, 2.45) is 0 Å². The van der Waals surface area contributed by atoms with E-state index in [-0.39, 0.29) is 61.2 Å². The molecular formula is C48H56N2O11. The highest BCUT2D eigenvalue weighted by atomic mass is 16.6. The van der Waals surface area contributed by atoms with Crippen LogP contribution in [0.2, 0.25) is 0 Å². The fourth-order valence-corrected chi connectivity index (χ4v) is 7.48. The van der Waals surface area contributed by atoms with Gasteiger partial charge in [-0.2, -0.15) is 0 Å². The predicted octanol–water partition coefficient (Wildman–Crippen LogP) is 8.05. The molecule has 1 aliphatic heterocycles. The normalized spacial score (nSPS) is 14.0. The average Bonchev–Trinajstić information content (AvgIpc) is 3.24. The van der Waals surface area contributed by atoms with E-state index in [0.29, 0.717) is 40.0 Å². The SMILES string of the molecule is C=CCOc1c(C)c(OC)c(OC)c2c1C(=O)CN(C(=O)[C@H](Cc1cc(C)c(OC)c(OCc3ccccc3)c1C=O)N(C)C(=O)OC(C)(C)C)[C@H]2COCc1ccccc1. The van der Waals surface area contributed by atoms with E-state index in [2.05, 4.69) is 6.58 Å². The number of ketones is 1. The van der Waals surface area contributed by atoms with Gasteiger partial charge in [-0.1, -0.05) is 79.4 Å². The first kappa shape index (κ1) is 45.7. The predicted molar refractivity (Wildman–Crippen MR) is 230 cm³/mol. The zero-order valence-corrected chi connectivity index (χ0v) is 36.5. The smallest absolute Gasteiger partial charge is 0.410 e. The number of amides is 2. The molecule has 0 spiro atoms. The minimum Gasteiger partial charge on any atom is -0.493 e. The molecule has 0 radical (unpaired) electrons. The van der Waals surface area contributed by atoms with Crippen LogP contribution in [0.5, 0.6) is 28.7 Å². The summed E-state index contributed by atoms with van der Waals surface area (Å²) >= 11 is 0. The maximum atomic E-state index is 15.5. The standard InChI is InChI=1S/C48H56N2O11/c1-11-22-59-42-31(3)43(56-9)45(57-10)39-37(29-58-27-32-18-14-12-15-19-32)50(25-38(52)40(39)42)46(53)36(49(7)47(54)61-48(4,5)6)24-34-23-30(2)41(55-8)44(35(34)26-51)60-28-33-20-16-13-17-21-33/h11-21,23,26,36-37H,1,22,24-25,27-29H2,2-10H3/t36-,37-/m0/s1. The topological polar surface area (TPSA) is 139 Å². The first-order valence-corrected chi connectivity index (χ1v) is 19.9. The van der Waals surface area contributed by atoms with Crippen molar-refractivity contribution < 1.29 is 52.3 Å². The van der Waals surface area contributed by atoms with Crippen molar-refractivity contribution in [1.82, 2.24) is 9.80 Å². The van der Waals surface area contributed by atoms with Gasteiger partial charge in [-0.15, -0.1) is 0 Å². The number of carbonyl (C=O) groups is 4. The number of aldehydes is 1. The molecule has 0 saturated heterocycles. The molecule has 1 aliphatic rings. The number of hydrogen-bond acceptors (Lipinski definition) is 11. The van der Waals surface area contributed by atoms with Gasteiger partial charge in [0.15, 0.2) is 35.1 Å². The van der Waals surface area contributed by atoms with E-state index in [1.165, 1.54) is 38.2 Å². The number of likely N-dealkylation sites (N-methyl/N-ethyl adjacent to an activating group) is 1. The molecule has 0 aliphatic carbocycles. The van der Waals surface area contributed by atoms with Gasteiger partial charge in [0.1, 0.15) is 30.6 Å². The molecule has 0 N–H and O–H groups in total. The fraction of sp³-hybridized carbons (Fsp3) is 0.375. The van der Waals surface area contributed by atoms with Crippen LogP contribution in [0.4, 0.5) is 4.79 Å². The van der Waals surface area contributed by atoms with Crippen LogP contribution in [0.1, 0.15) is 80.9 Å². The summed E-state index contributed by atoms with van der Waals surface area (Å²) in [5.74, 6) is 0.299. The minimum absolute atomic E-state index is 0.0913. The van der Waals surface area contributed by atoms with E-state index < -0.39 is 42.0 Å². The highest BCUT2D eigenvalue weighted by Gasteiger charge is 2.45. The lowest BCUT2D eigenvalue weighted by Crippen LogP contribution is -2.55. The molecule has 4 aromatic rings. The number of benzene rings is 4. The zero-order chi connectivity index (χ0) is 44.4. The van der Waals surface area contributed by atoms with E-state index >= 15 is 4.79 Å². The Hall–Kier alpha value is -6.34. The summed E-state index contributed by atoms with van der Waals surface area (Å²) in [6.45, 7) is 12.4. The Balaban J connectivity index is 1.68. The van der Waals surface area contributed by atoms with Crippen LogP contribution in [-0.2, 0) is 33.9 Å². The Morgan fingerprint density at radius 1 is 0.869 bits per heavy atom. The molecule has 13 nitrogen and oxygen atoms in total. The first-order valence-electron chi connectivity index (χ1n) is 19.9. The van der Waals surface area contributed by atoms with Crippen LogP contribution in [-0.4, -0.2) is 93.6 Å². The van der Waals surface area contributed by atoms with E-state index in [1.54, 1.807) is 46.8 Å². The first-order chi connectivity index (χ1) is 29.2. The molecule has 0 unspecified atom stereocenters. The molecule has 1 heterocycles. The van der Waals surface area contributed by atoms with Crippen molar-refractivity contribution in [3.63, 3.8) is 0 Å². The number of Topliss-reactive ketones (excluding diaryl/α,β-unsaturated/α-hetero) is 1. The molecule has 61 heavy (non-hydrogen) atoms. The van der Waals surface area contributed by atoms with Gasteiger partial charge >= 0.3 is 6.09 Å². The molecule has 13 heteroatoms. The third kappa shape index (κ3) is 10.3. The van der Waals surface area contributed by atoms with E-state index in [0.717, 1.165) is 11.1 Å². The number of aryl methyl sites for hydroxylation is 1.